The van der Waals surface area contributed by atoms with Crippen LogP contribution in [0.3, 0.4) is 0 Å². The number of nitrogens with zero attached hydrogens (tertiary/aromatic N) is 1. The van der Waals surface area contributed by atoms with Gasteiger partial charge in [0.25, 0.3) is 6.47 Å². The van der Waals surface area contributed by atoms with Crippen LogP contribution in [0.1, 0.15) is 13.3 Å². The molecule has 0 N–H and O–H groups in total. The molecule has 0 aromatic heterocycles. The van der Waals surface area contributed by atoms with Crippen LogP contribution in [0.5, 0.6) is 0 Å². The predicted octanol–water partition coefficient (Wildman–Crippen LogP) is 0.0703. The van der Waals surface area contributed by atoms with E-state index < -0.39 is 0 Å². The molecule has 0 aromatic rings. The van der Waals surface area contributed by atoms with Crippen LogP contribution in [0, 0.1) is 0 Å². The van der Waals surface area contributed by atoms with Gasteiger partial charge in [0.2, 0.25) is 0 Å². The van der Waals surface area contributed by atoms with Crippen molar-refractivity contribution in [3.63, 3.8) is 0 Å². The number of rotatable bonds is 7. The van der Waals surface area contributed by atoms with Gasteiger partial charge in [0.05, 0.1) is 13.2 Å². The average Bonchev–Trinajstić information content (AvgIpc) is 1.97. The zero-order valence-electron chi connectivity index (χ0n) is 7.58. The third kappa shape index (κ3) is 7.21. The van der Waals surface area contributed by atoms with Crippen LogP contribution in [-0.2, 0) is 14.3 Å². The Morgan fingerprint density at radius 3 is 2.75 bits per heavy atom. The van der Waals surface area contributed by atoms with Crippen LogP contribution >= 0.6 is 0 Å². The van der Waals surface area contributed by atoms with Crippen molar-refractivity contribution in [3.8, 4) is 0 Å². The van der Waals surface area contributed by atoms with Gasteiger partial charge in [-0.3, -0.25) is 14.5 Å². The molecule has 0 heterocycles. The Morgan fingerprint density at radius 2 is 2.25 bits per heavy atom. The van der Waals surface area contributed by atoms with Crippen LogP contribution < -0.4 is 0 Å². The first-order valence-electron chi connectivity index (χ1n) is 3.90. The number of likely N-dealkylation sites (N-methyl/N-ethyl adjacent to an activating group) is 1. The summed E-state index contributed by atoms with van der Waals surface area (Å²) >= 11 is 0. The predicted molar refractivity (Wildman–Crippen MR) is 44.8 cm³/mol. The second kappa shape index (κ2) is 6.79. The van der Waals surface area contributed by atoms with E-state index in [2.05, 4.69) is 4.74 Å². The summed E-state index contributed by atoms with van der Waals surface area (Å²) in [5, 5.41) is 0. The standard InChI is InChI=1S/C8H15NO3/c1-8(11)6-9(2)4-3-5-12-7-10/h7H,3-6H2,1-2H3. The molecule has 0 aromatic carbocycles. The molecule has 0 bridgehead atoms. The van der Waals surface area contributed by atoms with Gasteiger partial charge in [0.15, 0.2) is 0 Å². The second-order valence-electron chi connectivity index (χ2n) is 2.76. The average molecular weight is 173 g/mol. The number of carbonyl (C=O) groups is 2. The summed E-state index contributed by atoms with van der Waals surface area (Å²) in [6, 6.07) is 0. The molecule has 0 spiro atoms. The highest BCUT2D eigenvalue weighted by molar-refractivity contribution is 5.77. The van der Waals surface area contributed by atoms with E-state index in [-0.39, 0.29) is 5.78 Å². The molecule has 0 rings (SSSR count). The summed E-state index contributed by atoms with van der Waals surface area (Å²) in [6.07, 6.45) is 0.766. The van der Waals surface area contributed by atoms with Crippen molar-refractivity contribution in [1.82, 2.24) is 4.90 Å². The number of carbonyl (C=O) groups excluding carboxylic acids is 2. The van der Waals surface area contributed by atoms with Crippen molar-refractivity contribution in [2.24, 2.45) is 0 Å². The zero-order valence-corrected chi connectivity index (χ0v) is 7.58. The van der Waals surface area contributed by atoms with Gasteiger partial charge < -0.3 is 4.74 Å². The van der Waals surface area contributed by atoms with Gasteiger partial charge in [-0.15, -0.1) is 0 Å². The van der Waals surface area contributed by atoms with E-state index in [4.69, 9.17) is 0 Å². The maximum atomic E-state index is 10.6. The Balaban J connectivity index is 3.24. The largest absolute Gasteiger partial charge is 0.468 e. The van der Waals surface area contributed by atoms with Gasteiger partial charge in [0, 0.05) is 6.54 Å². The first kappa shape index (κ1) is 11.1. The molecule has 0 saturated heterocycles. The first-order chi connectivity index (χ1) is 5.66. The molecular weight excluding hydrogens is 158 g/mol. The molecule has 4 nitrogen and oxygen atoms in total. The van der Waals surface area contributed by atoms with Crippen LogP contribution in [0.4, 0.5) is 0 Å². The lowest BCUT2D eigenvalue weighted by molar-refractivity contribution is -0.129. The molecule has 0 saturated carbocycles. The molecule has 0 unspecified atom stereocenters. The van der Waals surface area contributed by atoms with Gasteiger partial charge in [0.1, 0.15) is 5.78 Å². The highest BCUT2D eigenvalue weighted by Crippen LogP contribution is 1.87. The van der Waals surface area contributed by atoms with Crippen LogP contribution in [0.2, 0.25) is 0 Å². The topological polar surface area (TPSA) is 46.6 Å². The zero-order chi connectivity index (χ0) is 9.40. The van der Waals surface area contributed by atoms with Gasteiger partial charge >= 0.3 is 0 Å². The van der Waals surface area contributed by atoms with E-state index in [0.29, 0.717) is 19.6 Å². The number of ketones is 1. The van der Waals surface area contributed by atoms with Crippen LogP contribution in [0.25, 0.3) is 0 Å². The molecule has 0 aliphatic rings. The number of Topliss-reactive ketones (excluding diaryl/α,β-unsaturated/α-hetero) is 1. The van der Waals surface area contributed by atoms with Gasteiger partial charge in [-0.05, 0) is 20.4 Å². The smallest absolute Gasteiger partial charge is 0.293 e. The monoisotopic (exact) mass is 173 g/mol. The van der Waals surface area contributed by atoms with Crippen molar-refractivity contribution in [1.29, 1.82) is 0 Å². The van der Waals surface area contributed by atoms with E-state index >= 15 is 0 Å². The minimum Gasteiger partial charge on any atom is -0.468 e. The normalized spacial score (nSPS) is 9.92. The molecule has 0 amide bonds. The maximum Gasteiger partial charge on any atom is 0.293 e. The summed E-state index contributed by atoms with van der Waals surface area (Å²) in [7, 11) is 1.86. The Morgan fingerprint density at radius 1 is 1.58 bits per heavy atom. The summed E-state index contributed by atoms with van der Waals surface area (Å²) < 4.78 is 4.50. The van der Waals surface area contributed by atoms with Gasteiger partial charge in [-0.1, -0.05) is 0 Å². The fraction of sp³-hybridized carbons (Fsp3) is 0.750. The van der Waals surface area contributed by atoms with E-state index in [1.54, 1.807) is 6.92 Å². The number of ether oxygens (including phenoxy) is 1. The summed E-state index contributed by atoms with van der Waals surface area (Å²) in [4.78, 5) is 22.3. The highest BCUT2D eigenvalue weighted by atomic mass is 16.5. The molecule has 0 aliphatic heterocycles. The molecule has 0 radical (unpaired) electrons. The van der Waals surface area contributed by atoms with Crippen molar-refractivity contribution in [2.75, 3.05) is 26.7 Å². The lowest BCUT2D eigenvalue weighted by atomic mass is 10.3. The first-order valence-corrected chi connectivity index (χ1v) is 3.90. The minimum absolute atomic E-state index is 0.147. The molecule has 0 atom stereocenters. The summed E-state index contributed by atoms with van der Waals surface area (Å²) in [6.45, 7) is 3.64. The lowest BCUT2D eigenvalue weighted by Gasteiger charge is -2.13. The Labute approximate surface area is 72.5 Å². The molecule has 12 heavy (non-hydrogen) atoms. The Bertz CT molecular complexity index is 147. The molecular formula is C8H15NO3. The highest BCUT2D eigenvalue weighted by Gasteiger charge is 2.00. The number of hydrogen-bond acceptors (Lipinski definition) is 4. The molecule has 70 valence electrons. The maximum absolute atomic E-state index is 10.6. The number of hydrogen-bond donors (Lipinski definition) is 0. The van der Waals surface area contributed by atoms with Crippen molar-refractivity contribution in [3.05, 3.63) is 0 Å². The minimum atomic E-state index is 0.147. The van der Waals surface area contributed by atoms with Crippen molar-refractivity contribution >= 4 is 12.3 Å². The van der Waals surface area contributed by atoms with Gasteiger partial charge in [-0.25, -0.2) is 0 Å². The molecule has 4 heteroatoms. The third-order valence-corrected chi connectivity index (χ3v) is 1.36. The molecule has 0 fully saturated rings. The van der Waals surface area contributed by atoms with Crippen LogP contribution in [0.15, 0.2) is 0 Å². The fourth-order valence-electron chi connectivity index (χ4n) is 0.925. The Hall–Kier alpha value is -0.900. The fourth-order valence-corrected chi connectivity index (χ4v) is 0.925. The van der Waals surface area contributed by atoms with E-state index in [1.807, 2.05) is 11.9 Å². The van der Waals surface area contributed by atoms with Crippen LogP contribution in [-0.4, -0.2) is 43.9 Å². The summed E-state index contributed by atoms with van der Waals surface area (Å²) in [5.41, 5.74) is 0. The Kier molecular flexibility index (Phi) is 6.28. The van der Waals surface area contributed by atoms with Gasteiger partial charge in [-0.2, -0.15) is 0 Å². The molecule has 0 aliphatic carbocycles. The third-order valence-electron chi connectivity index (χ3n) is 1.36. The van der Waals surface area contributed by atoms with Crippen molar-refractivity contribution < 1.29 is 14.3 Å². The second-order valence-corrected chi connectivity index (χ2v) is 2.76. The lowest BCUT2D eigenvalue weighted by Crippen LogP contribution is -2.26. The summed E-state index contributed by atoms with van der Waals surface area (Å²) in [5.74, 6) is 0.147. The quantitative estimate of drug-likeness (QED) is 0.404. The van der Waals surface area contributed by atoms with E-state index in [0.717, 1.165) is 13.0 Å². The van der Waals surface area contributed by atoms with E-state index in [1.165, 1.54) is 0 Å². The van der Waals surface area contributed by atoms with Crippen molar-refractivity contribution in [2.45, 2.75) is 13.3 Å². The van der Waals surface area contributed by atoms with E-state index in [9.17, 15) is 9.59 Å². The SMILES string of the molecule is CC(=O)CN(C)CCCOC=O.